The minimum Gasteiger partial charge on any atom is -0.443 e. The predicted octanol–water partition coefficient (Wildman–Crippen LogP) is 7.40. The molecule has 1 aromatic heterocycles. The lowest BCUT2D eigenvalue weighted by Gasteiger charge is -2.19. The molecule has 1 aliphatic heterocycles. The van der Waals surface area contributed by atoms with E-state index in [0.717, 1.165) is 35.2 Å². The number of nitrogens with one attached hydrogen (secondary N) is 3. The van der Waals surface area contributed by atoms with Crippen molar-refractivity contribution in [3.63, 3.8) is 0 Å². The number of anilines is 2. The number of ether oxygens (including phenoxy) is 1. The van der Waals surface area contributed by atoms with Gasteiger partial charge in [0.05, 0.1) is 29.1 Å². The van der Waals surface area contributed by atoms with Crippen molar-refractivity contribution in [2.45, 2.75) is 91.6 Å². The van der Waals surface area contributed by atoms with Gasteiger partial charge >= 0.3 is 11.8 Å². The van der Waals surface area contributed by atoms with E-state index in [0.29, 0.717) is 17.4 Å². The molecule has 0 aliphatic carbocycles. The van der Waals surface area contributed by atoms with Crippen LogP contribution in [0.4, 0.5) is 16.2 Å². The molecule has 1 aliphatic rings. The Balaban J connectivity index is 0.000000221. The zero-order valence-electron chi connectivity index (χ0n) is 22.8. The van der Waals surface area contributed by atoms with E-state index in [9.17, 15) is 9.59 Å². The fourth-order valence-corrected chi connectivity index (χ4v) is 4.92. The topological polar surface area (TPSA) is 88.1 Å². The summed E-state index contributed by atoms with van der Waals surface area (Å²) < 4.78 is 6.40. The maximum Gasteiger partial charge on any atom is 0.423 e. The van der Waals surface area contributed by atoms with Crippen LogP contribution >= 0.6 is 0 Å². The number of hydrogen-bond donors (Lipinski definition) is 3. The van der Waals surface area contributed by atoms with Gasteiger partial charge in [0.1, 0.15) is 5.60 Å². The molecule has 0 spiro atoms. The number of aromatic nitrogens is 2. The number of imidazole rings is 1. The maximum absolute atomic E-state index is 12.3. The van der Waals surface area contributed by atoms with E-state index >= 15 is 0 Å². The maximum atomic E-state index is 12.3. The number of aromatic amines is 1. The second-order valence-electron chi connectivity index (χ2n) is 10.3. The van der Waals surface area contributed by atoms with Gasteiger partial charge in [-0.15, -0.1) is 0 Å². The Kier molecular flexibility index (Phi) is 8.88. The summed E-state index contributed by atoms with van der Waals surface area (Å²) in [6.45, 7) is 15.0. The van der Waals surface area contributed by atoms with Gasteiger partial charge in [-0.1, -0.05) is 52.0 Å². The third kappa shape index (κ3) is 5.94. The number of para-hydroxylation sites is 2. The van der Waals surface area contributed by atoms with E-state index in [1.165, 1.54) is 29.8 Å². The molecular weight excluding hydrogens is 452 g/mol. The summed E-state index contributed by atoms with van der Waals surface area (Å²) in [6, 6.07) is 12.2. The molecule has 7 nitrogen and oxygen atoms in total. The zero-order chi connectivity index (χ0) is 26.5. The second kappa shape index (κ2) is 11.7. The van der Waals surface area contributed by atoms with Crippen molar-refractivity contribution in [1.82, 2.24) is 9.55 Å². The van der Waals surface area contributed by atoms with Crippen molar-refractivity contribution in [2.24, 2.45) is 0 Å². The predicted molar refractivity (Wildman–Crippen MR) is 149 cm³/mol. The summed E-state index contributed by atoms with van der Waals surface area (Å²) in [6.07, 6.45) is 3.75. The molecule has 0 unspecified atom stereocenters. The highest BCUT2D eigenvalue weighted by molar-refractivity contribution is 5.88. The van der Waals surface area contributed by atoms with Crippen molar-refractivity contribution < 1.29 is 9.53 Å². The fourth-order valence-electron chi connectivity index (χ4n) is 4.92. The smallest absolute Gasteiger partial charge is 0.423 e. The van der Waals surface area contributed by atoms with Crippen molar-refractivity contribution in [3.8, 4) is 0 Å². The van der Waals surface area contributed by atoms with Crippen LogP contribution < -0.4 is 16.3 Å². The Hall–Kier alpha value is -3.22. The van der Waals surface area contributed by atoms with Gasteiger partial charge in [-0.3, -0.25) is 0 Å². The highest BCUT2D eigenvalue weighted by Gasteiger charge is 2.23. The lowest BCUT2D eigenvalue weighted by Crippen LogP contribution is -2.32. The number of nitrogens with zero attached hydrogens (tertiary/aromatic N) is 1. The lowest BCUT2D eigenvalue weighted by atomic mass is 9.92. The Morgan fingerprint density at radius 2 is 1.50 bits per heavy atom. The number of carbonyl (C=O) groups excluding carboxylic acids is 1. The monoisotopic (exact) mass is 494 g/mol. The number of fused-ring (bicyclic) bond motifs is 2. The van der Waals surface area contributed by atoms with Crippen molar-refractivity contribution in [2.75, 3.05) is 17.3 Å². The molecule has 3 N–H and O–H groups in total. The van der Waals surface area contributed by atoms with Gasteiger partial charge in [0.15, 0.2) is 0 Å². The van der Waals surface area contributed by atoms with Crippen LogP contribution in [0.3, 0.4) is 0 Å². The largest absolute Gasteiger partial charge is 0.443 e. The molecule has 2 heterocycles. The van der Waals surface area contributed by atoms with E-state index in [1.54, 1.807) is 26.8 Å². The van der Waals surface area contributed by atoms with Crippen molar-refractivity contribution >= 4 is 28.5 Å². The van der Waals surface area contributed by atoms with Crippen LogP contribution in [0.1, 0.15) is 97.1 Å². The van der Waals surface area contributed by atoms with Crippen LogP contribution in [0, 0.1) is 0 Å². The van der Waals surface area contributed by atoms with E-state index in [4.69, 9.17) is 4.74 Å². The molecule has 2 aromatic carbocycles. The van der Waals surface area contributed by atoms with Crippen LogP contribution in [0.15, 0.2) is 41.2 Å². The van der Waals surface area contributed by atoms with E-state index in [2.05, 4.69) is 61.5 Å². The van der Waals surface area contributed by atoms with Gasteiger partial charge in [-0.05, 0) is 81.5 Å². The second-order valence-corrected chi connectivity index (χ2v) is 10.3. The molecule has 0 radical (unpaired) electrons. The van der Waals surface area contributed by atoms with Crippen LogP contribution in [-0.2, 0) is 4.74 Å². The third-order valence-corrected chi connectivity index (χ3v) is 6.82. The van der Waals surface area contributed by atoms with Gasteiger partial charge in [0.25, 0.3) is 0 Å². The van der Waals surface area contributed by atoms with Gasteiger partial charge < -0.3 is 20.4 Å². The first-order valence-corrected chi connectivity index (χ1v) is 13.2. The molecule has 0 fully saturated rings. The normalized spacial score (nSPS) is 12.7. The molecular formula is C29H42N4O3. The Morgan fingerprint density at radius 3 is 2.11 bits per heavy atom. The zero-order valence-corrected chi connectivity index (χ0v) is 22.8. The standard InChI is InChI=1S/C17H24N2O3.C12H18N2/c1-6-11(7-2)12-9-8-10-13-14(12)18-15(20)19(13)16(21)22-17(3,4)5;1-3-9(4-2)10-6-5-7-11-12(10)14-8-13-11/h8-11H,6-7H2,1-5H3,(H,18,20);5-7,9,13-14H,3-4,8H2,1-2H3. The van der Waals surface area contributed by atoms with Gasteiger partial charge in [0, 0.05) is 0 Å². The SMILES string of the molecule is CCC(CC)c1cccc2c1NCN2.CCC(CC)c1cccc2c1[nH]c(=O)n2C(=O)OC(C)(C)C. The highest BCUT2D eigenvalue weighted by atomic mass is 16.6. The lowest BCUT2D eigenvalue weighted by molar-refractivity contribution is 0.0538. The van der Waals surface area contributed by atoms with Gasteiger partial charge in [0.2, 0.25) is 0 Å². The molecule has 4 rings (SSSR count). The molecule has 0 saturated heterocycles. The van der Waals surface area contributed by atoms with Gasteiger partial charge in [-0.25, -0.2) is 9.59 Å². The molecule has 0 amide bonds. The molecule has 7 heteroatoms. The Morgan fingerprint density at radius 1 is 0.917 bits per heavy atom. The fraction of sp³-hybridized carbons (Fsp3) is 0.517. The summed E-state index contributed by atoms with van der Waals surface area (Å²) in [7, 11) is 0. The van der Waals surface area contributed by atoms with Gasteiger partial charge in [-0.2, -0.15) is 4.57 Å². The third-order valence-electron chi connectivity index (χ3n) is 6.82. The first-order valence-electron chi connectivity index (χ1n) is 13.2. The Labute approximate surface area is 214 Å². The van der Waals surface area contributed by atoms with Crippen LogP contribution in [-0.4, -0.2) is 27.9 Å². The van der Waals surface area contributed by atoms with E-state index in [1.807, 2.05) is 12.1 Å². The first-order chi connectivity index (χ1) is 17.1. The number of H-pyrrole nitrogens is 1. The number of hydrogen-bond acceptors (Lipinski definition) is 5. The molecule has 196 valence electrons. The molecule has 0 saturated carbocycles. The quantitative estimate of drug-likeness (QED) is 0.332. The summed E-state index contributed by atoms with van der Waals surface area (Å²) in [4.78, 5) is 27.3. The number of benzene rings is 2. The molecule has 0 atom stereocenters. The average Bonchev–Trinajstić information content (AvgIpc) is 3.44. The summed E-state index contributed by atoms with van der Waals surface area (Å²) in [5.74, 6) is 1.05. The number of carbonyl (C=O) groups is 1. The summed E-state index contributed by atoms with van der Waals surface area (Å²) in [5, 5.41) is 6.74. The molecule has 3 aromatic rings. The van der Waals surface area contributed by atoms with Crippen molar-refractivity contribution in [1.29, 1.82) is 0 Å². The highest BCUT2D eigenvalue weighted by Crippen LogP contribution is 2.37. The van der Waals surface area contributed by atoms with Crippen LogP contribution in [0.2, 0.25) is 0 Å². The minimum atomic E-state index is -0.648. The number of rotatable bonds is 6. The molecule has 0 bridgehead atoms. The molecule has 36 heavy (non-hydrogen) atoms. The minimum absolute atomic E-state index is 0.355. The summed E-state index contributed by atoms with van der Waals surface area (Å²) in [5.41, 5.74) is 5.32. The van der Waals surface area contributed by atoms with Crippen LogP contribution in [0.5, 0.6) is 0 Å². The first kappa shape index (κ1) is 27.4. The van der Waals surface area contributed by atoms with Crippen LogP contribution in [0.25, 0.3) is 11.0 Å². The van der Waals surface area contributed by atoms with Crippen molar-refractivity contribution in [3.05, 3.63) is 58.0 Å². The average molecular weight is 495 g/mol. The van der Waals surface area contributed by atoms with E-state index in [-0.39, 0.29) is 0 Å². The Bertz CT molecular complexity index is 1230. The van der Waals surface area contributed by atoms with E-state index < -0.39 is 17.4 Å². The summed E-state index contributed by atoms with van der Waals surface area (Å²) >= 11 is 0.